The van der Waals surface area contributed by atoms with Gasteiger partial charge in [0.05, 0.1) is 41.5 Å². The maximum atomic E-state index is 13.3. The van der Waals surface area contributed by atoms with E-state index < -0.39 is 121 Å². The number of aliphatic hydroxyl groups excluding tert-OH is 7. The van der Waals surface area contributed by atoms with Crippen LogP contribution in [0.25, 0.3) is 0 Å². The molecule has 9 N–H and O–H groups in total. The summed E-state index contributed by atoms with van der Waals surface area (Å²) in [6.45, 7) is 3.31. The fourth-order valence-corrected chi connectivity index (χ4v) is 12.7. The summed E-state index contributed by atoms with van der Waals surface area (Å²) >= 11 is 0. The van der Waals surface area contributed by atoms with Crippen molar-refractivity contribution in [3.05, 3.63) is 11.6 Å². The lowest BCUT2D eigenvalue weighted by molar-refractivity contribution is -0.386. The Bertz CT molecular complexity index is 1610. The lowest BCUT2D eigenvalue weighted by Crippen LogP contribution is -2.69. The molecule has 0 spiro atoms. The highest BCUT2D eigenvalue weighted by Gasteiger charge is 2.71. The molecule has 19 nitrogen and oxygen atoms in total. The summed E-state index contributed by atoms with van der Waals surface area (Å²) in [5.41, 5.74) is -3.06. The Hall–Kier alpha value is -1.76. The normalized spacial score (nSPS) is 54.3. The number of carbonyl (C=O) groups is 2. The Morgan fingerprint density at radius 2 is 1.52 bits per heavy atom. The molecule has 0 amide bonds. The number of esters is 1. The number of aliphatic hydroxyl groups is 9. The van der Waals surface area contributed by atoms with Crippen LogP contribution in [0.15, 0.2) is 11.6 Å². The zero-order valence-corrected chi connectivity index (χ0v) is 34.1. The van der Waals surface area contributed by atoms with Gasteiger partial charge in [-0.05, 0) is 81.6 Å². The van der Waals surface area contributed by atoms with Gasteiger partial charge in [-0.15, -0.1) is 0 Å². The van der Waals surface area contributed by atoms with Crippen LogP contribution in [0.1, 0.15) is 78.1 Å². The van der Waals surface area contributed by atoms with Crippen molar-refractivity contribution in [3.63, 3.8) is 0 Å². The molecule has 0 aromatic rings. The molecule has 22 atom stereocenters. The van der Waals surface area contributed by atoms with Crippen molar-refractivity contribution in [3.8, 4) is 0 Å². The van der Waals surface area contributed by atoms with E-state index in [2.05, 4.69) is 6.92 Å². The lowest BCUT2D eigenvalue weighted by Gasteiger charge is -2.65. The molecule has 4 aliphatic carbocycles. The molecule has 7 fully saturated rings. The van der Waals surface area contributed by atoms with Crippen LogP contribution in [0.4, 0.5) is 0 Å². The van der Waals surface area contributed by atoms with Gasteiger partial charge in [-0.3, -0.25) is 0 Å². The summed E-state index contributed by atoms with van der Waals surface area (Å²) in [5, 5.41) is 97.4. The Morgan fingerprint density at radius 1 is 0.817 bits per heavy atom. The largest absolute Gasteiger partial charge is 0.458 e. The van der Waals surface area contributed by atoms with Gasteiger partial charge in [0.2, 0.25) is 0 Å². The van der Waals surface area contributed by atoms with Gasteiger partial charge in [0, 0.05) is 31.4 Å². The van der Waals surface area contributed by atoms with Crippen LogP contribution in [0.2, 0.25) is 0 Å². The van der Waals surface area contributed by atoms with Crippen LogP contribution < -0.4 is 0 Å². The first-order valence-corrected chi connectivity index (χ1v) is 21.4. The number of rotatable bonds is 10. The first-order chi connectivity index (χ1) is 28.4. The number of carbonyl (C=O) groups excluding carboxylic acids is 2. The topological polar surface area (TPSA) is 290 Å². The van der Waals surface area contributed by atoms with Crippen LogP contribution >= 0.6 is 0 Å². The zero-order valence-electron chi connectivity index (χ0n) is 34.1. The third kappa shape index (κ3) is 7.12. The van der Waals surface area contributed by atoms with Crippen LogP contribution in [0.3, 0.4) is 0 Å². The second-order valence-electron chi connectivity index (χ2n) is 18.8. The molecule has 0 aromatic heterocycles. The van der Waals surface area contributed by atoms with E-state index in [1.165, 1.54) is 7.11 Å². The molecule has 22 unspecified atom stereocenters. The summed E-state index contributed by atoms with van der Waals surface area (Å²) in [6, 6.07) is 0. The van der Waals surface area contributed by atoms with Crippen molar-refractivity contribution in [1.82, 2.24) is 0 Å². The predicted octanol–water partition coefficient (Wildman–Crippen LogP) is -1.96. The second-order valence-corrected chi connectivity index (χ2v) is 18.8. The monoisotopic (exact) mass is 858 g/mol. The number of cyclic esters (lactones) is 1. The van der Waals surface area contributed by atoms with E-state index in [1.54, 1.807) is 13.0 Å². The molecule has 4 heterocycles. The molecule has 4 saturated carbocycles. The van der Waals surface area contributed by atoms with Crippen LogP contribution in [0, 0.1) is 28.6 Å². The van der Waals surface area contributed by atoms with E-state index >= 15 is 0 Å². The third-order valence-electron chi connectivity index (χ3n) is 16.0. The van der Waals surface area contributed by atoms with Crippen molar-refractivity contribution in [2.75, 3.05) is 20.3 Å². The van der Waals surface area contributed by atoms with Crippen molar-refractivity contribution >= 4 is 12.3 Å². The smallest absolute Gasteiger partial charge is 0.331 e. The quantitative estimate of drug-likeness (QED) is 0.0655. The number of fused-ring (bicyclic) bond motifs is 5. The van der Waals surface area contributed by atoms with Crippen molar-refractivity contribution in [2.24, 2.45) is 28.6 Å². The molecule has 60 heavy (non-hydrogen) atoms. The summed E-state index contributed by atoms with van der Waals surface area (Å²) in [5.74, 6) is -0.769. The summed E-state index contributed by atoms with van der Waals surface area (Å²) < 4.78 is 46.3. The lowest BCUT2D eigenvalue weighted by atomic mass is 9.41. The number of hydrogen-bond donors (Lipinski definition) is 9. The number of hydrogen-bond acceptors (Lipinski definition) is 19. The summed E-state index contributed by atoms with van der Waals surface area (Å²) in [4.78, 5) is 25.3. The number of ether oxygens (including phenoxy) is 8. The minimum Gasteiger partial charge on any atom is -0.458 e. The van der Waals surface area contributed by atoms with E-state index in [0.717, 1.165) is 18.3 Å². The molecule has 0 radical (unpaired) electrons. The van der Waals surface area contributed by atoms with Gasteiger partial charge in [-0.2, -0.15) is 0 Å². The molecule has 8 aliphatic rings. The minimum atomic E-state index is -1.93. The summed E-state index contributed by atoms with van der Waals surface area (Å²) in [6.07, 6.45) is -13.6. The van der Waals surface area contributed by atoms with Crippen LogP contribution in [0.5, 0.6) is 0 Å². The van der Waals surface area contributed by atoms with Gasteiger partial charge in [-0.1, -0.05) is 6.92 Å². The molecule has 8 rings (SSSR count). The first kappa shape index (κ1) is 44.8. The van der Waals surface area contributed by atoms with Gasteiger partial charge < -0.3 is 88.6 Å². The maximum absolute atomic E-state index is 13.3. The highest BCUT2D eigenvalue weighted by atomic mass is 16.8. The van der Waals surface area contributed by atoms with Gasteiger partial charge >= 0.3 is 5.97 Å². The number of methoxy groups -OCH3 is 1. The molecule has 3 saturated heterocycles. The predicted molar refractivity (Wildman–Crippen MR) is 199 cm³/mol. The fourth-order valence-electron chi connectivity index (χ4n) is 12.7. The average Bonchev–Trinajstić information content (AvgIpc) is 3.77. The van der Waals surface area contributed by atoms with Gasteiger partial charge in [0.1, 0.15) is 61.7 Å². The van der Waals surface area contributed by atoms with Gasteiger partial charge in [0.15, 0.2) is 25.2 Å². The Kier molecular flexibility index (Phi) is 12.4. The van der Waals surface area contributed by atoms with Crippen molar-refractivity contribution in [1.29, 1.82) is 0 Å². The second kappa shape index (κ2) is 16.7. The SMILES string of the molecule is COC1CC(OC2CCC3(C=O)C4CCC5(C)C(C6=CC(=O)OC6)CCC5(O)C4CCC3(O)C2)OC(C)C1OC1OC(CO)C(OC2OC(O)C(O)C(O)C2O)C(O)C1O. The average molecular weight is 859 g/mol. The first-order valence-electron chi connectivity index (χ1n) is 21.4. The molecule has 4 aliphatic heterocycles. The van der Waals surface area contributed by atoms with E-state index in [-0.39, 0.29) is 43.2 Å². The number of aldehydes is 1. The van der Waals surface area contributed by atoms with E-state index in [9.17, 15) is 55.5 Å². The van der Waals surface area contributed by atoms with E-state index in [0.29, 0.717) is 44.9 Å². The third-order valence-corrected chi connectivity index (χ3v) is 16.0. The van der Waals surface area contributed by atoms with Crippen LogP contribution in [-0.2, 0) is 47.5 Å². The molecule has 19 heteroatoms. The zero-order chi connectivity index (χ0) is 43.1. The van der Waals surface area contributed by atoms with Gasteiger partial charge in [-0.25, -0.2) is 4.79 Å². The Balaban J connectivity index is 0.891. The van der Waals surface area contributed by atoms with Crippen molar-refractivity contribution in [2.45, 2.75) is 182 Å². The molecular weight excluding hydrogens is 796 g/mol. The Labute approximate surface area is 347 Å². The van der Waals surface area contributed by atoms with E-state index in [4.69, 9.17) is 37.9 Å². The molecular formula is C41H62O19. The van der Waals surface area contributed by atoms with Crippen LogP contribution in [-0.4, -0.2) is 182 Å². The molecule has 0 aromatic carbocycles. The van der Waals surface area contributed by atoms with E-state index in [1.807, 2.05) is 0 Å². The van der Waals surface area contributed by atoms with Crippen molar-refractivity contribution < 1.29 is 93.4 Å². The maximum Gasteiger partial charge on any atom is 0.331 e. The fraction of sp³-hybridized carbons (Fsp3) is 0.902. The molecule has 340 valence electrons. The highest BCUT2D eigenvalue weighted by molar-refractivity contribution is 5.85. The Morgan fingerprint density at radius 3 is 2.20 bits per heavy atom. The highest BCUT2D eigenvalue weighted by Crippen LogP contribution is 2.70. The molecule has 0 bridgehead atoms. The standard InChI is InChI=1S/C41H62O19/c1-18-33(58-36-32(49)29(46)34(25(15-42)57-36)59-37-31(48)28(45)30(47)35(50)60-37)24(53-3)13-27(55-18)56-20-4-9-39(17-43)22-5-8-38(2)21(19-12-26(44)54-16-19)7-11-41(38,52)23(22)6-10-40(39,51)14-20/h12,17-18,20-25,27-37,42,45-52H,4-11,13-16H2,1-3H3. The van der Waals surface area contributed by atoms with Gasteiger partial charge in [0.25, 0.3) is 0 Å². The summed E-state index contributed by atoms with van der Waals surface area (Å²) in [7, 11) is 1.46. The minimum absolute atomic E-state index is 0.00451.